The Kier molecular flexibility index (Phi) is 4.63. The van der Waals surface area contributed by atoms with Gasteiger partial charge in [0.2, 0.25) is 5.01 Å². The Morgan fingerprint density at radius 2 is 2.24 bits per heavy atom. The highest BCUT2D eigenvalue weighted by Crippen LogP contribution is 2.42. The summed E-state index contributed by atoms with van der Waals surface area (Å²) in [6, 6.07) is 0.0442. The zero-order chi connectivity index (χ0) is 15.6. The van der Waals surface area contributed by atoms with Crippen molar-refractivity contribution in [3.8, 4) is 0 Å². The molecule has 1 heterocycles. The zero-order valence-electron chi connectivity index (χ0n) is 12.6. The van der Waals surface area contributed by atoms with E-state index in [0.29, 0.717) is 0 Å². The van der Waals surface area contributed by atoms with Gasteiger partial charge in [0, 0.05) is 23.9 Å². The molecule has 2 rings (SSSR count). The van der Waals surface area contributed by atoms with Crippen molar-refractivity contribution in [1.82, 2.24) is 10.3 Å². The molecule has 1 aromatic heterocycles. The molecule has 0 aromatic carbocycles. The Morgan fingerprint density at radius 3 is 2.81 bits per heavy atom. The van der Waals surface area contributed by atoms with E-state index in [1.807, 2.05) is 0 Å². The fraction of sp³-hybridized carbons (Fsp3) is 0.643. The monoisotopic (exact) mass is 312 g/mol. The molecule has 1 N–H and O–H groups in total. The van der Waals surface area contributed by atoms with Crippen LogP contribution in [0.1, 0.15) is 47.5 Å². The third-order valence-electron chi connectivity index (χ3n) is 3.95. The molecule has 0 bridgehead atoms. The van der Waals surface area contributed by atoms with E-state index >= 15 is 0 Å². The lowest BCUT2D eigenvalue weighted by molar-refractivity contribution is -0.0942. The second-order valence-electron chi connectivity index (χ2n) is 5.57. The number of nitrogens with one attached hydrogen (secondary N) is 1. The smallest absolute Gasteiger partial charge is 0.367 e. The average molecular weight is 312 g/mol. The summed E-state index contributed by atoms with van der Waals surface area (Å²) in [7, 11) is 1.68. The standard InChI is InChI=1S/C14H20N2O4S/c1-5-20-13(18)12-15-8(7-21-12)11(17)16-9-6-10(19-4)14(9,2)3/h7,9-10H,5-6H2,1-4H3,(H,16,17). The highest BCUT2D eigenvalue weighted by molar-refractivity contribution is 7.11. The van der Waals surface area contributed by atoms with Gasteiger partial charge in [-0.25, -0.2) is 9.78 Å². The van der Waals surface area contributed by atoms with E-state index < -0.39 is 5.97 Å². The molecule has 1 fully saturated rings. The Morgan fingerprint density at radius 1 is 1.52 bits per heavy atom. The minimum absolute atomic E-state index is 0.0442. The molecule has 1 aliphatic carbocycles. The number of methoxy groups -OCH3 is 1. The topological polar surface area (TPSA) is 77.5 Å². The molecule has 2 unspecified atom stereocenters. The predicted octanol–water partition coefficient (Wildman–Crippen LogP) is 1.86. The summed E-state index contributed by atoms with van der Waals surface area (Å²) >= 11 is 1.11. The average Bonchev–Trinajstić information content (AvgIpc) is 2.93. The van der Waals surface area contributed by atoms with Crippen LogP contribution >= 0.6 is 11.3 Å². The number of aromatic nitrogens is 1. The minimum Gasteiger partial charge on any atom is -0.461 e. The molecular weight excluding hydrogens is 292 g/mol. The van der Waals surface area contributed by atoms with E-state index in [1.165, 1.54) is 0 Å². The normalized spacial score (nSPS) is 23.2. The van der Waals surface area contributed by atoms with Crippen LogP contribution in [0.5, 0.6) is 0 Å². The minimum atomic E-state index is -0.495. The van der Waals surface area contributed by atoms with Crippen molar-refractivity contribution in [2.75, 3.05) is 13.7 Å². The van der Waals surface area contributed by atoms with E-state index in [2.05, 4.69) is 24.1 Å². The molecular formula is C14H20N2O4S. The van der Waals surface area contributed by atoms with Crippen LogP contribution in [0.25, 0.3) is 0 Å². The number of rotatable bonds is 5. The number of ether oxygens (including phenoxy) is 2. The second kappa shape index (κ2) is 6.11. The maximum atomic E-state index is 12.2. The summed E-state index contributed by atoms with van der Waals surface area (Å²) in [6.07, 6.45) is 0.928. The SMILES string of the molecule is CCOC(=O)c1nc(C(=O)NC2CC(OC)C2(C)C)cs1. The van der Waals surface area contributed by atoms with E-state index in [1.54, 1.807) is 19.4 Å². The Balaban J connectivity index is 1.97. The first kappa shape index (κ1) is 15.9. The van der Waals surface area contributed by atoms with Gasteiger partial charge in [-0.05, 0) is 13.3 Å². The van der Waals surface area contributed by atoms with Gasteiger partial charge in [0.15, 0.2) is 0 Å². The van der Waals surface area contributed by atoms with Gasteiger partial charge < -0.3 is 14.8 Å². The molecule has 1 aromatic rings. The first-order valence-electron chi connectivity index (χ1n) is 6.86. The van der Waals surface area contributed by atoms with E-state index in [-0.39, 0.29) is 40.8 Å². The molecule has 1 amide bonds. The first-order valence-corrected chi connectivity index (χ1v) is 7.74. The van der Waals surface area contributed by atoms with Gasteiger partial charge in [0.25, 0.3) is 5.91 Å². The van der Waals surface area contributed by atoms with Crippen molar-refractivity contribution < 1.29 is 19.1 Å². The molecule has 0 saturated heterocycles. The van der Waals surface area contributed by atoms with Gasteiger partial charge >= 0.3 is 5.97 Å². The Bertz CT molecular complexity index is 541. The lowest BCUT2D eigenvalue weighted by Crippen LogP contribution is -2.61. The van der Waals surface area contributed by atoms with Crippen LogP contribution in [-0.2, 0) is 9.47 Å². The highest BCUT2D eigenvalue weighted by Gasteiger charge is 2.49. The fourth-order valence-corrected chi connectivity index (χ4v) is 3.12. The predicted molar refractivity (Wildman–Crippen MR) is 78.5 cm³/mol. The van der Waals surface area contributed by atoms with Gasteiger partial charge in [-0.2, -0.15) is 0 Å². The quantitative estimate of drug-likeness (QED) is 0.840. The number of thiazole rings is 1. The van der Waals surface area contributed by atoms with E-state index in [9.17, 15) is 9.59 Å². The van der Waals surface area contributed by atoms with Gasteiger partial charge in [-0.3, -0.25) is 4.79 Å². The maximum absolute atomic E-state index is 12.2. The largest absolute Gasteiger partial charge is 0.461 e. The Labute approximate surface area is 127 Å². The molecule has 0 spiro atoms. The lowest BCUT2D eigenvalue weighted by Gasteiger charge is -2.51. The number of carbonyl (C=O) groups is 2. The van der Waals surface area contributed by atoms with Crippen LogP contribution < -0.4 is 5.32 Å². The number of hydrogen-bond acceptors (Lipinski definition) is 6. The third-order valence-corrected chi connectivity index (χ3v) is 4.78. The molecule has 1 saturated carbocycles. The number of esters is 1. The number of carbonyl (C=O) groups excluding carboxylic acids is 2. The Hall–Kier alpha value is -1.47. The number of nitrogens with zero attached hydrogens (tertiary/aromatic N) is 1. The molecule has 1 aliphatic rings. The van der Waals surface area contributed by atoms with Gasteiger partial charge in [-0.1, -0.05) is 13.8 Å². The molecule has 116 valence electrons. The molecule has 0 radical (unpaired) electrons. The lowest BCUT2D eigenvalue weighted by atomic mass is 9.64. The van der Waals surface area contributed by atoms with Crippen molar-refractivity contribution in [2.24, 2.45) is 5.41 Å². The van der Waals surface area contributed by atoms with Crippen LogP contribution in [-0.4, -0.2) is 42.7 Å². The molecule has 0 aliphatic heterocycles. The third kappa shape index (κ3) is 3.08. The van der Waals surface area contributed by atoms with Gasteiger partial charge in [0.1, 0.15) is 5.69 Å². The molecule has 2 atom stereocenters. The summed E-state index contributed by atoms with van der Waals surface area (Å²) in [5, 5.41) is 4.71. The molecule has 21 heavy (non-hydrogen) atoms. The summed E-state index contributed by atoms with van der Waals surface area (Å²) in [5.74, 6) is -0.764. The summed E-state index contributed by atoms with van der Waals surface area (Å²) in [6.45, 7) is 6.13. The summed E-state index contributed by atoms with van der Waals surface area (Å²) < 4.78 is 10.2. The van der Waals surface area contributed by atoms with Crippen molar-refractivity contribution >= 4 is 23.2 Å². The van der Waals surface area contributed by atoms with Crippen LogP contribution in [0.15, 0.2) is 5.38 Å². The van der Waals surface area contributed by atoms with Crippen LogP contribution in [0, 0.1) is 5.41 Å². The van der Waals surface area contributed by atoms with Crippen LogP contribution in [0.4, 0.5) is 0 Å². The fourth-order valence-electron chi connectivity index (χ4n) is 2.43. The van der Waals surface area contributed by atoms with Crippen LogP contribution in [0.3, 0.4) is 0 Å². The van der Waals surface area contributed by atoms with Crippen molar-refractivity contribution in [1.29, 1.82) is 0 Å². The van der Waals surface area contributed by atoms with Crippen molar-refractivity contribution in [3.05, 3.63) is 16.1 Å². The maximum Gasteiger partial charge on any atom is 0.367 e. The molecule has 6 nitrogen and oxygen atoms in total. The second-order valence-corrected chi connectivity index (χ2v) is 6.42. The summed E-state index contributed by atoms with van der Waals surface area (Å²) in [4.78, 5) is 27.7. The van der Waals surface area contributed by atoms with Gasteiger partial charge in [0.05, 0.1) is 12.7 Å². The zero-order valence-corrected chi connectivity index (χ0v) is 13.5. The van der Waals surface area contributed by atoms with Crippen molar-refractivity contribution in [2.45, 2.75) is 39.3 Å². The van der Waals surface area contributed by atoms with Gasteiger partial charge in [-0.15, -0.1) is 11.3 Å². The van der Waals surface area contributed by atoms with E-state index in [0.717, 1.165) is 17.8 Å². The van der Waals surface area contributed by atoms with Crippen molar-refractivity contribution in [3.63, 3.8) is 0 Å². The van der Waals surface area contributed by atoms with Crippen LogP contribution in [0.2, 0.25) is 0 Å². The van der Waals surface area contributed by atoms with E-state index in [4.69, 9.17) is 9.47 Å². The highest BCUT2D eigenvalue weighted by atomic mass is 32.1. The number of hydrogen-bond donors (Lipinski definition) is 1. The molecule has 7 heteroatoms. The first-order chi connectivity index (χ1) is 9.90. The summed E-state index contributed by atoms with van der Waals surface area (Å²) in [5.41, 5.74) is 0.143. The number of amides is 1.